The second-order valence-corrected chi connectivity index (χ2v) is 0.894. The third kappa shape index (κ3) is 626. The molecule has 0 unspecified atom stereocenters. The molecule has 0 spiro atoms. The van der Waals surface area contributed by atoms with Crippen LogP contribution in [0.15, 0.2) is 0 Å². The molecule has 0 aromatic carbocycles. The minimum atomic E-state index is -1.75. The molecule has 0 aliphatic rings. The van der Waals surface area contributed by atoms with Gasteiger partial charge in [-0.25, -0.2) is 0 Å². The second-order valence-electron chi connectivity index (χ2n) is 0.894. The normalized spacial score (nSPS) is 5.33. The van der Waals surface area contributed by atoms with Crippen LogP contribution in [0.5, 0.6) is 0 Å². The van der Waals surface area contributed by atoms with Crippen molar-refractivity contribution in [2.45, 2.75) is 0 Å². The third-order valence-corrected chi connectivity index (χ3v) is 0. The number of hydrogen-bond donors (Lipinski definition) is 1. The van der Waals surface area contributed by atoms with Crippen LogP contribution in [-0.4, -0.2) is 20.3 Å². The van der Waals surface area contributed by atoms with Gasteiger partial charge in [0.05, 0.1) is 20.3 Å². The molecule has 0 radical (unpaired) electrons. The maximum Gasteiger partial charge on any atom is 3.00 e. The molecule has 0 aromatic heterocycles. The molecular weight excluding hydrogens is 421 g/mol. The van der Waals surface area contributed by atoms with Crippen molar-refractivity contribution >= 4 is 0 Å². The summed E-state index contributed by atoms with van der Waals surface area (Å²) in [4.78, 5) is 33.0. The molecule has 18 heavy (non-hydrogen) atoms. The molecule has 17 nitrogen and oxygen atoms in total. The Morgan fingerprint density at radius 1 is 0.444 bits per heavy atom. The zero-order valence-electron chi connectivity index (χ0n) is 8.02. The van der Waals surface area contributed by atoms with E-state index in [1.165, 1.54) is 0 Å². The van der Waals surface area contributed by atoms with Crippen LogP contribution < -0.4 is 6.15 Å². The molecular formula is H4N5O12Tb. The number of hydrogen-bond acceptors (Lipinski definition) is 12. The first-order chi connectivity index (χ1) is 6.93. The van der Waals surface area contributed by atoms with Crippen LogP contribution in [0.2, 0.25) is 0 Å². The van der Waals surface area contributed by atoms with E-state index in [2.05, 4.69) is 0 Å². The Hall–Kier alpha value is -1.95. The third-order valence-electron chi connectivity index (χ3n) is 0. The molecule has 0 rings (SSSR count). The Morgan fingerprint density at radius 3 is 0.444 bits per heavy atom. The zero-order valence-corrected chi connectivity index (χ0v) is 10.2. The smallest absolute Gasteiger partial charge is 0.369 e. The Kier molecular flexibility index (Phi) is 58.8. The van der Waals surface area contributed by atoms with Crippen molar-refractivity contribution in [2.24, 2.45) is 0 Å². The van der Waals surface area contributed by atoms with Crippen molar-refractivity contribution in [3.63, 3.8) is 0 Å². The molecule has 0 heterocycles. The van der Waals surface area contributed by atoms with Crippen LogP contribution >= 0.6 is 0 Å². The van der Waals surface area contributed by atoms with Gasteiger partial charge in [-0.05, 0) is 0 Å². The van der Waals surface area contributed by atoms with Gasteiger partial charge in [0, 0.05) is 0 Å². The quantitative estimate of drug-likeness (QED) is 0.376. The van der Waals surface area contributed by atoms with Crippen molar-refractivity contribution in [1.82, 2.24) is 6.15 Å². The van der Waals surface area contributed by atoms with Gasteiger partial charge in [0.1, 0.15) is 0 Å². The fourth-order valence-corrected chi connectivity index (χ4v) is 0. The summed E-state index contributed by atoms with van der Waals surface area (Å²) in [7, 11) is 0. The monoisotopic (exact) mass is 425 g/mol. The standard InChI is InChI=1S/4NO3.H3N.Tb/c4*2-1(3)4;;/h;;;;1H3;/q4*-1;;+3/p+1. The van der Waals surface area contributed by atoms with Gasteiger partial charge in [0.2, 0.25) is 0 Å². The van der Waals surface area contributed by atoms with Crippen molar-refractivity contribution in [2.75, 3.05) is 0 Å². The van der Waals surface area contributed by atoms with Gasteiger partial charge in [-0.2, -0.15) is 0 Å². The minimum absolute atomic E-state index is 0. The number of quaternary nitrogens is 1. The molecule has 0 saturated carbocycles. The first-order valence-corrected chi connectivity index (χ1v) is 2.19. The molecule has 0 atom stereocenters. The summed E-state index contributed by atoms with van der Waals surface area (Å²) in [5.41, 5.74) is 0. The summed E-state index contributed by atoms with van der Waals surface area (Å²) in [5.74, 6) is 0. The van der Waals surface area contributed by atoms with E-state index >= 15 is 0 Å². The SMILES string of the molecule is O=[N+]([O-])[O-].O=[N+]([O-])[O-].O=[N+]([O-])[O-].O=[N+]([O-])[O-].[NH4+].[Tb+3]. The fraction of sp³-hybridized carbons (Fsp3) is 0. The van der Waals surface area contributed by atoms with Gasteiger partial charge in [-0.1, -0.05) is 0 Å². The second kappa shape index (κ2) is 29.4. The van der Waals surface area contributed by atoms with Crippen LogP contribution in [-0.2, 0) is 0 Å². The Labute approximate surface area is 126 Å². The van der Waals surface area contributed by atoms with Gasteiger partial charge < -0.3 is 67.4 Å². The van der Waals surface area contributed by atoms with Crippen LogP contribution in [0, 0.1) is 99.9 Å². The Morgan fingerprint density at radius 2 is 0.444 bits per heavy atom. The molecule has 0 aliphatic carbocycles. The van der Waals surface area contributed by atoms with Crippen LogP contribution in [0.25, 0.3) is 0 Å². The van der Waals surface area contributed by atoms with Crippen molar-refractivity contribution in [1.29, 1.82) is 0 Å². The van der Waals surface area contributed by atoms with Crippen molar-refractivity contribution in [3.05, 3.63) is 61.3 Å². The maximum absolute atomic E-state index is 8.25. The van der Waals surface area contributed by atoms with E-state index in [1.54, 1.807) is 0 Å². The molecule has 0 aliphatic heterocycles. The van der Waals surface area contributed by atoms with E-state index < -0.39 is 20.3 Å². The maximum atomic E-state index is 8.25. The summed E-state index contributed by atoms with van der Waals surface area (Å²) in [6.07, 6.45) is 0. The van der Waals surface area contributed by atoms with Gasteiger partial charge in [0.25, 0.3) is 0 Å². The largest absolute Gasteiger partial charge is 3.00 e. The summed E-state index contributed by atoms with van der Waals surface area (Å²) in [5, 5.41) is 59.0. The van der Waals surface area contributed by atoms with E-state index in [1.807, 2.05) is 0 Å². The Bertz CT molecular complexity index is 161. The van der Waals surface area contributed by atoms with E-state index in [0.717, 1.165) is 0 Å². The topological polar surface area (TPSA) is 301 Å². The predicted molar refractivity (Wildman–Crippen MR) is 47.4 cm³/mol. The molecule has 18 heteroatoms. The average molecular weight is 425 g/mol. The van der Waals surface area contributed by atoms with Gasteiger partial charge >= 0.3 is 38.6 Å². The molecule has 0 fully saturated rings. The van der Waals surface area contributed by atoms with Gasteiger partial charge in [0.15, 0.2) is 0 Å². The Balaban J connectivity index is -0.0000000257. The van der Waals surface area contributed by atoms with Crippen molar-refractivity contribution < 1.29 is 59.0 Å². The molecule has 0 saturated heterocycles. The first kappa shape index (κ1) is 36.0. The summed E-state index contributed by atoms with van der Waals surface area (Å²) in [6, 6.07) is 0. The van der Waals surface area contributed by atoms with Gasteiger partial charge in [-0.3, -0.25) is 0 Å². The fourth-order valence-electron chi connectivity index (χ4n) is 0. The molecule has 0 aromatic rings. The number of rotatable bonds is 0. The van der Waals surface area contributed by atoms with Gasteiger partial charge in [-0.15, -0.1) is 0 Å². The summed E-state index contributed by atoms with van der Waals surface area (Å²) < 4.78 is 0. The average Bonchev–Trinajstić information content (AvgIpc) is 1.76. The predicted octanol–water partition coefficient (Wildman–Crippen LogP) is -0.580. The van der Waals surface area contributed by atoms with Crippen LogP contribution in [0.4, 0.5) is 0 Å². The minimum Gasteiger partial charge on any atom is -0.369 e. The molecule has 4 N–H and O–H groups in total. The summed E-state index contributed by atoms with van der Waals surface area (Å²) >= 11 is 0. The number of nitrogens with zero attached hydrogens (tertiary/aromatic N) is 4. The molecule has 0 amide bonds. The van der Waals surface area contributed by atoms with E-state index in [-0.39, 0.29) is 44.8 Å². The molecule has 0 bridgehead atoms. The van der Waals surface area contributed by atoms with Crippen LogP contribution in [0.3, 0.4) is 0 Å². The van der Waals surface area contributed by atoms with E-state index in [0.29, 0.717) is 0 Å². The zero-order chi connectivity index (χ0) is 14.3. The molecule has 110 valence electrons. The van der Waals surface area contributed by atoms with E-state index in [4.69, 9.17) is 61.3 Å². The van der Waals surface area contributed by atoms with Crippen LogP contribution in [0.1, 0.15) is 0 Å². The van der Waals surface area contributed by atoms with E-state index in [9.17, 15) is 0 Å². The summed E-state index contributed by atoms with van der Waals surface area (Å²) in [6.45, 7) is 0. The first-order valence-electron chi connectivity index (χ1n) is 2.19. The van der Waals surface area contributed by atoms with Crippen molar-refractivity contribution in [3.8, 4) is 0 Å².